The summed E-state index contributed by atoms with van der Waals surface area (Å²) in [5.41, 5.74) is -0.805. The molecule has 3 N–H and O–H groups in total. The molecule has 0 saturated carbocycles. The van der Waals surface area contributed by atoms with E-state index in [0.717, 1.165) is 11.1 Å². The van der Waals surface area contributed by atoms with E-state index in [4.69, 9.17) is 30.5 Å². The number of epoxide rings is 1. The Morgan fingerprint density at radius 3 is 2.63 bits per heavy atom. The van der Waals surface area contributed by atoms with Crippen LogP contribution in [0.2, 0.25) is 5.02 Å². The lowest BCUT2D eigenvalue weighted by molar-refractivity contribution is -0.142. The minimum absolute atomic E-state index is 0.0247. The van der Waals surface area contributed by atoms with E-state index in [2.05, 4.69) is 5.32 Å². The maximum atomic E-state index is 13.2. The second-order valence-electron chi connectivity index (χ2n) is 10.4. The van der Waals surface area contributed by atoms with Crippen LogP contribution in [0, 0.1) is 5.92 Å². The number of anilines is 1. The van der Waals surface area contributed by atoms with Crippen LogP contribution >= 0.6 is 11.6 Å². The first-order valence-corrected chi connectivity index (χ1v) is 12.8. The molecule has 1 aromatic rings. The third kappa shape index (κ3) is 5.15. The topological polar surface area (TPSA) is 130 Å². The Balaban J connectivity index is 1.79. The van der Waals surface area contributed by atoms with Gasteiger partial charge in [-0.15, -0.1) is 0 Å². The summed E-state index contributed by atoms with van der Waals surface area (Å²) in [5, 5.41) is 25.2. The number of carbonyl (C=O) groups excluding carboxylic acids is 2. The number of hydrogen-bond acceptors (Lipinski definition) is 8. The number of alkyl carbamates (subject to hydrolysis) is 1. The van der Waals surface area contributed by atoms with Gasteiger partial charge < -0.3 is 34.1 Å². The van der Waals surface area contributed by atoms with Crippen molar-refractivity contribution in [3.8, 4) is 5.75 Å². The van der Waals surface area contributed by atoms with Crippen molar-refractivity contribution in [2.24, 2.45) is 5.92 Å². The van der Waals surface area contributed by atoms with Gasteiger partial charge in [0, 0.05) is 26.5 Å². The van der Waals surface area contributed by atoms with E-state index in [-0.39, 0.29) is 23.8 Å². The molecule has 0 aliphatic carbocycles. The Bertz CT molecular complexity index is 1170. The molecular formula is C27H35ClN2O8. The Morgan fingerprint density at radius 1 is 1.26 bits per heavy atom. The Labute approximate surface area is 227 Å². The first kappa shape index (κ1) is 28.4. The van der Waals surface area contributed by atoms with Gasteiger partial charge in [-0.2, -0.15) is 0 Å². The van der Waals surface area contributed by atoms with E-state index in [1.54, 1.807) is 44.3 Å². The number of halogens is 1. The molecule has 2 unspecified atom stereocenters. The van der Waals surface area contributed by atoms with E-state index in [1.165, 1.54) is 19.1 Å². The largest absolute Gasteiger partial charge is 0.495 e. The summed E-state index contributed by atoms with van der Waals surface area (Å²) in [6.07, 6.45) is 0.930. The third-order valence-corrected chi connectivity index (χ3v) is 8.24. The summed E-state index contributed by atoms with van der Waals surface area (Å²) in [5.74, 6) is -0.371. The molecule has 2 saturated heterocycles. The van der Waals surface area contributed by atoms with Crippen LogP contribution in [0.4, 0.5) is 10.5 Å². The number of hydrogen-bond donors (Lipinski definition) is 3. The van der Waals surface area contributed by atoms with Crippen LogP contribution < -0.4 is 15.0 Å². The number of rotatable bonds is 2. The van der Waals surface area contributed by atoms with Crippen molar-refractivity contribution >= 4 is 34.9 Å². The number of nitrogens with zero attached hydrogens (tertiary/aromatic N) is 1. The number of nitrogens with one attached hydrogen (secondary N) is 1. The van der Waals surface area contributed by atoms with Crippen LogP contribution in [0.1, 0.15) is 39.2 Å². The van der Waals surface area contributed by atoms with E-state index < -0.39 is 47.8 Å². The van der Waals surface area contributed by atoms with Gasteiger partial charge in [-0.05, 0) is 37.1 Å². The number of amides is 2. The van der Waals surface area contributed by atoms with Gasteiger partial charge in [0.25, 0.3) is 0 Å². The van der Waals surface area contributed by atoms with Gasteiger partial charge in [0.1, 0.15) is 28.6 Å². The predicted molar refractivity (Wildman–Crippen MR) is 141 cm³/mol. The maximum absolute atomic E-state index is 13.2. The van der Waals surface area contributed by atoms with Crippen LogP contribution in [-0.2, 0) is 19.0 Å². The monoisotopic (exact) mass is 550 g/mol. The Morgan fingerprint density at radius 2 is 1.97 bits per heavy atom. The fourth-order valence-corrected chi connectivity index (χ4v) is 5.54. The number of benzene rings is 1. The molecule has 38 heavy (non-hydrogen) atoms. The van der Waals surface area contributed by atoms with Gasteiger partial charge in [-0.3, -0.25) is 10.1 Å². The smallest absolute Gasteiger partial charge is 0.409 e. The molecule has 4 bridgehead atoms. The molecule has 4 rings (SSSR count). The zero-order chi connectivity index (χ0) is 28.0. The average molecular weight is 551 g/mol. The van der Waals surface area contributed by atoms with Crippen molar-refractivity contribution in [1.29, 1.82) is 0 Å². The number of aliphatic hydroxyl groups is 2. The first-order valence-electron chi connectivity index (χ1n) is 12.4. The average Bonchev–Trinajstić information content (AvgIpc) is 3.57. The molecule has 3 aliphatic rings. The van der Waals surface area contributed by atoms with E-state index >= 15 is 0 Å². The van der Waals surface area contributed by atoms with Crippen molar-refractivity contribution in [3.63, 3.8) is 0 Å². The lowest BCUT2D eigenvalue weighted by Crippen LogP contribution is -2.63. The van der Waals surface area contributed by atoms with Crippen molar-refractivity contribution in [1.82, 2.24) is 5.32 Å². The Hall–Kier alpha value is -2.63. The summed E-state index contributed by atoms with van der Waals surface area (Å²) >= 11 is 6.57. The fraction of sp³-hybridized carbons (Fsp3) is 0.556. The molecule has 1 aromatic carbocycles. The molecule has 208 valence electrons. The minimum atomic E-state index is -1.74. The second kappa shape index (κ2) is 10.5. The van der Waals surface area contributed by atoms with Gasteiger partial charge in [-0.25, -0.2) is 4.79 Å². The minimum Gasteiger partial charge on any atom is -0.495 e. The lowest BCUT2D eigenvalue weighted by Gasteiger charge is -2.42. The third-order valence-electron chi connectivity index (χ3n) is 7.86. The highest BCUT2D eigenvalue weighted by atomic mass is 35.5. The highest BCUT2D eigenvalue weighted by molar-refractivity contribution is 6.35. The predicted octanol–water partition coefficient (Wildman–Crippen LogP) is 3.03. The van der Waals surface area contributed by atoms with Crippen molar-refractivity contribution in [2.45, 2.75) is 69.4 Å². The highest BCUT2D eigenvalue weighted by Crippen LogP contribution is 2.48. The van der Waals surface area contributed by atoms with Crippen LogP contribution in [-0.4, -0.2) is 79.2 Å². The number of carbonyl (C=O) groups is 2. The summed E-state index contributed by atoms with van der Waals surface area (Å²) in [7, 11) is 4.52. The molecule has 0 aromatic heterocycles. The van der Waals surface area contributed by atoms with Crippen LogP contribution in [0.25, 0.3) is 5.57 Å². The number of allylic oxidation sites excluding steroid dienone is 3. The Kier molecular flexibility index (Phi) is 7.84. The van der Waals surface area contributed by atoms with E-state index in [0.29, 0.717) is 11.4 Å². The number of methoxy groups -OCH3 is 2. The molecule has 7 atom stereocenters. The number of ether oxygens (including phenoxy) is 4. The standard InChI is InChI=1S/C27H35ClN2O8/c1-14-8-7-9-21(36-6)27(34)13-19(37-25(33)29-27)15(2)24-26(3,38-24)20(31)12-22(32)30(4)17-10-16(14)11-18(35-5)23(17)28/h7-11,15,19-21,24,31,34H,12-13H2,1-6H3,(H,29,33)/b9-7+,14-8+/t15?,19-,20-,21+,24?,26-,27-/m0/s1. The summed E-state index contributed by atoms with van der Waals surface area (Å²) in [4.78, 5) is 27.1. The summed E-state index contributed by atoms with van der Waals surface area (Å²) in [6, 6.07) is 3.52. The van der Waals surface area contributed by atoms with Crippen molar-refractivity contribution in [2.75, 3.05) is 26.2 Å². The molecule has 0 radical (unpaired) electrons. The van der Waals surface area contributed by atoms with Gasteiger partial charge in [0.05, 0.1) is 31.4 Å². The summed E-state index contributed by atoms with van der Waals surface area (Å²) in [6.45, 7) is 5.40. The van der Waals surface area contributed by atoms with Gasteiger partial charge >= 0.3 is 6.09 Å². The normalized spacial score (nSPS) is 38.0. The molecule has 3 aliphatic heterocycles. The van der Waals surface area contributed by atoms with E-state index in [9.17, 15) is 19.8 Å². The summed E-state index contributed by atoms with van der Waals surface area (Å²) < 4.78 is 22.4. The first-order chi connectivity index (χ1) is 17.8. The van der Waals surface area contributed by atoms with Gasteiger partial charge in [-0.1, -0.05) is 36.8 Å². The molecule has 10 nitrogen and oxygen atoms in total. The maximum Gasteiger partial charge on any atom is 0.409 e. The zero-order valence-electron chi connectivity index (χ0n) is 22.4. The van der Waals surface area contributed by atoms with Gasteiger partial charge in [0.2, 0.25) is 5.91 Å². The zero-order valence-corrected chi connectivity index (χ0v) is 23.1. The number of fused-ring (bicyclic) bond motifs is 5. The van der Waals surface area contributed by atoms with Gasteiger partial charge in [0.15, 0.2) is 5.72 Å². The van der Waals surface area contributed by atoms with Crippen LogP contribution in [0.3, 0.4) is 0 Å². The highest BCUT2D eigenvalue weighted by Gasteiger charge is 2.62. The molecule has 2 fully saturated rings. The molecular weight excluding hydrogens is 516 g/mol. The van der Waals surface area contributed by atoms with Crippen molar-refractivity contribution < 1.29 is 38.7 Å². The van der Waals surface area contributed by atoms with Crippen LogP contribution in [0.15, 0.2) is 30.4 Å². The SMILES string of the molecule is COc1cc2cc(c1Cl)N(C)C(=O)C[C@H](O)[C@]1(C)OC1C(C)[C@@H]1C[C@@](O)(NC(=O)O1)[C@H](OC)/C=C/C=C/2C. The molecule has 0 spiro atoms. The lowest BCUT2D eigenvalue weighted by atomic mass is 9.83. The molecule has 2 amide bonds. The van der Waals surface area contributed by atoms with Crippen molar-refractivity contribution in [3.05, 3.63) is 40.9 Å². The molecule has 11 heteroatoms. The quantitative estimate of drug-likeness (QED) is 0.479. The fourth-order valence-electron chi connectivity index (χ4n) is 5.23. The van der Waals surface area contributed by atoms with Crippen LogP contribution in [0.5, 0.6) is 5.75 Å². The van der Waals surface area contributed by atoms with E-state index in [1.807, 2.05) is 13.8 Å². The molecule has 3 heterocycles. The second-order valence-corrected chi connectivity index (χ2v) is 10.7. The number of aliphatic hydroxyl groups excluding tert-OH is 1.